The van der Waals surface area contributed by atoms with E-state index in [2.05, 4.69) is 6.58 Å². The van der Waals surface area contributed by atoms with Gasteiger partial charge >= 0.3 is 0 Å². The van der Waals surface area contributed by atoms with Gasteiger partial charge in [-0.3, -0.25) is 0 Å². The summed E-state index contributed by atoms with van der Waals surface area (Å²) in [6, 6.07) is 0. The van der Waals surface area contributed by atoms with E-state index in [1.807, 2.05) is 6.08 Å². The van der Waals surface area contributed by atoms with Gasteiger partial charge in [-0.1, -0.05) is 13.0 Å². The lowest BCUT2D eigenvalue weighted by Crippen LogP contribution is -2.08. The maximum Gasteiger partial charge on any atom is 0.150 e. The number of hydrogen-bond donors (Lipinski definition) is 0. The Balaban J connectivity index is 3.46. The third kappa shape index (κ3) is 6.10. The Morgan fingerprint density at radius 3 is 2.45 bits per heavy atom. The molecule has 0 radical (unpaired) electrons. The molecule has 0 bridgehead atoms. The molecule has 66 valence electrons. The van der Waals surface area contributed by atoms with E-state index in [1.54, 1.807) is 6.92 Å². The molecule has 0 heterocycles. The molecular formula is C8H16O2S. The Hall–Kier alpha value is -0.310. The van der Waals surface area contributed by atoms with Gasteiger partial charge in [0.05, 0.1) is 5.75 Å². The molecule has 0 N–H and O–H groups in total. The summed E-state index contributed by atoms with van der Waals surface area (Å²) >= 11 is 0. The van der Waals surface area contributed by atoms with Gasteiger partial charge in [-0.05, 0) is 19.3 Å². The van der Waals surface area contributed by atoms with Crippen LogP contribution < -0.4 is 0 Å². The van der Waals surface area contributed by atoms with E-state index in [0.717, 1.165) is 19.3 Å². The number of unbranched alkanes of at least 4 members (excludes halogenated alkanes) is 2. The summed E-state index contributed by atoms with van der Waals surface area (Å²) in [5.41, 5.74) is 0. The minimum Gasteiger partial charge on any atom is -0.229 e. The van der Waals surface area contributed by atoms with Crippen LogP contribution in [-0.4, -0.2) is 19.9 Å². The lowest BCUT2D eigenvalue weighted by Gasteiger charge is -1.98. The van der Waals surface area contributed by atoms with Gasteiger partial charge in [-0.15, -0.1) is 6.58 Å². The molecule has 0 unspecified atom stereocenters. The molecule has 11 heavy (non-hydrogen) atoms. The van der Waals surface area contributed by atoms with E-state index in [1.165, 1.54) is 0 Å². The van der Waals surface area contributed by atoms with Crippen LogP contribution in [0.2, 0.25) is 0 Å². The summed E-state index contributed by atoms with van der Waals surface area (Å²) in [5, 5.41) is 0. The molecule has 2 nitrogen and oxygen atoms in total. The number of allylic oxidation sites excluding steroid dienone is 1. The number of hydrogen-bond acceptors (Lipinski definition) is 2. The average molecular weight is 176 g/mol. The van der Waals surface area contributed by atoms with Crippen molar-refractivity contribution in [3.05, 3.63) is 12.7 Å². The highest BCUT2D eigenvalue weighted by Gasteiger charge is 2.04. The minimum atomic E-state index is -2.73. The van der Waals surface area contributed by atoms with Crippen molar-refractivity contribution >= 4 is 9.84 Å². The Labute approximate surface area is 69.2 Å². The molecule has 0 spiro atoms. The molecule has 0 fully saturated rings. The second-order valence-corrected chi connectivity index (χ2v) is 4.99. The molecule has 0 aliphatic heterocycles. The van der Waals surface area contributed by atoms with Crippen LogP contribution in [0, 0.1) is 0 Å². The van der Waals surface area contributed by atoms with E-state index < -0.39 is 9.84 Å². The van der Waals surface area contributed by atoms with Crippen LogP contribution in [-0.2, 0) is 9.84 Å². The molecule has 0 amide bonds. The first-order valence-electron chi connectivity index (χ1n) is 3.93. The summed E-state index contributed by atoms with van der Waals surface area (Å²) in [4.78, 5) is 0. The molecule has 0 aliphatic rings. The SMILES string of the molecule is C=CCCCCS(=O)(=O)CC. The standard InChI is InChI=1S/C8H16O2S/c1-3-5-6-7-8-11(9,10)4-2/h3H,1,4-8H2,2H3. The molecule has 0 saturated carbocycles. The molecule has 0 aliphatic carbocycles. The van der Waals surface area contributed by atoms with Crippen molar-refractivity contribution < 1.29 is 8.42 Å². The number of rotatable bonds is 6. The smallest absolute Gasteiger partial charge is 0.150 e. The summed E-state index contributed by atoms with van der Waals surface area (Å²) in [6.45, 7) is 5.25. The maximum absolute atomic E-state index is 10.9. The highest BCUT2D eigenvalue weighted by atomic mass is 32.2. The van der Waals surface area contributed by atoms with Crippen molar-refractivity contribution in [2.24, 2.45) is 0 Å². The van der Waals surface area contributed by atoms with Gasteiger partial charge in [-0.2, -0.15) is 0 Å². The third-order valence-corrected chi connectivity index (χ3v) is 3.34. The first-order chi connectivity index (χ1) is 5.12. The maximum atomic E-state index is 10.9. The Morgan fingerprint density at radius 2 is 2.00 bits per heavy atom. The van der Waals surface area contributed by atoms with Crippen molar-refractivity contribution in [1.82, 2.24) is 0 Å². The molecule has 0 aromatic heterocycles. The summed E-state index contributed by atoms with van der Waals surface area (Å²) < 4.78 is 21.9. The first kappa shape index (κ1) is 10.7. The summed E-state index contributed by atoms with van der Waals surface area (Å²) in [6.07, 6.45) is 4.43. The third-order valence-electron chi connectivity index (χ3n) is 1.55. The second-order valence-electron chi connectivity index (χ2n) is 2.52. The van der Waals surface area contributed by atoms with E-state index >= 15 is 0 Å². The van der Waals surface area contributed by atoms with E-state index in [0.29, 0.717) is 5.75 Å². The molecular weight excluding hydrogens is 160 g/mol. The predicted molar refractivity (Wildman–Crippen MR) is 48.4 cm³/mol. The molecule has 0 aromatic carbocycles. The number of sulfone groups is 1. The first-order valence-corrected chi connectivity index (χ1v) is 5.76. The van der Waals surface area contributed by atoms with Gasteiger partial charge in [0, 0.05) is 5.75 Å². The highest BCUT2D eigenvalue weighted by molar-refractivity contribution is 7.91. The van der Waals surface area contributed by atoms with Crippen molar-refractivity contribution in [2.45, 2.75) is 26.2 Å². The Kier molecular flexibility index (Phi) is 5.20. The zero-order valence-corrected chi connectivity index (χ0v) is 7.86. The lowest BCUT2D eigenvalue weighted by molar-refractivity contribution is 0.593. The van der Waals surface area contributed by atoms with Crippen LogP contribution in [0.4, 0.5) is 0 Å². The van der Waals surface area contributed by atoms with E-state index in [-0.39, 0.29) is 5.75 Å². The molecule has 0 saturated heterocycles. The van der Waals surface area contributed by atoms with Gasteiger partial charge in [0.25, 0.3) is 0 Å². The fourth-order valence-electron chi connectivity index (χ4n) is 0.755. The van der Waals surface area contributed by atoms with E-state index in [4.69, 9.17) is 0 Å². The largest absolute Gasteiger partial charge is 0.229 e. The fourth-order valence-corrected chi connectivity index (χ4v) is 1.69. The summed E-state index contributed by atoms with van der Waals surface area (Å²) in [7, 11) is -2.73. The second kappa shape index (κ2) is 5.35. The van der Waals surface area contributed by atoms with Gasteiger partial charge < -0.3 is 0 Å². The monoisotopic (exact) mass is 176 g/mol. The Morgan fingerprint density at radius 1 is 1.36 bits per heavy atom. The van der Waals surface area contributed by atoms with Crippen molar-refractivity contribution in [3.8, 4) is 0 Å². The quantitative estimate of drug-likeness (QED) is 0.456. The minimum absolute atomic E-state index is 0.265. The molecule has 0 rings (SSSR count). The zero-order chi connectivity index (χ0) is 8.74. The van der Waals surface area contributed by atoms with Crippen LogP contribution in [0.3, 0.4) is 0 Å². The van der Waals surface area contributed by atoms with Crippen LogP contribution in [0.5, 0.6) is 0 Å². The van der Waals surface area contributed by atoms with Gasteiger partial charge in [0.15, 0.2) is 0 Å². The van der Waals surface area contributed by atoms with Gasteiger partial charge in [0.2, 0.25) is 0 Å². The lowest BCUT2D eigenvalue weighted by atomic mass is 10.2. The highest BCUT2D eigenvalue weighted by Crippen LogP contribution is 2.00. The van der Waals surface area contributed by atoms with E-state index in [9.17, 15) is 8.42 Å². The van der Waals surface area contributed by atoms with Crippen LogP contribution in [0.1, 0.15) is 26.2 Å². The molecule has 0 aromatic rings. The van der Waals surface area contributed by atoms with Crippen molar-refractivity contribution in [3.63, 3.8) is 0 Å². The van der Waals surface area contributed by atoms with Crippen LogP contribution in [0.25, 0.3) is 0 Å². The van der Waals surface area contributed by atoms with Gasteiger partial charge in [-0.25, -0.2) is 8.42 Å². The summed E-state index contributed by atoms with van der Waals surface area (Å²) in [5.74, 6) is 0.596. The van der Waals surface area contributed by atoms with Crippen LogP contribution >= 0.6 is 0 Å². The van der Waals surface area contributed by atoms with Crippen molar-refractivity contribution in [2.75, 3.05) is 11.5 Å². The predicted octanol–water partition coefficient (Wildman–Crippen LogP) is 1.78. The molecule has 3 heteroatoms. The van der Waals surface area contributed by atoms with Gasteiger partial charge in [0.1, 0.15) is 9.84 Å². The molecule has 0 atom stereocenters. The topological polar surface area (TPSA) is 34.1 Å². The van der Waals surface area contributed by atoms with Crippen LogP contribution in [0.15, 0.2) is 12.7 Å². The normalized spacial score (nSPS) is 11.4. The van der Waals surface area contributed by atoms with Crippen molar-refractivity contribution in [1.29, 1.82) is 0 Å². The zero-order valence-electron chi connectivity index (χ0n) is 7.04. The average Bonchev–Trinajstić information content (AvgIpc) is 1.99. The fraction of sp³-hybridized carbons (Fsp3) is 0.750. The Bertz CT molecular complexity index is 192.